The van der Waals surface area contributed by atoms with E-state index >= 15 is 0 Å². The van der Waals surface area contributed by atoms with Crippen LogP contribution in [0.1, 0.15) is 28.9 Å². The third kappa shape index (κ3) is 3.75. The fourth-order valence-corrected chi connectivity index (χ4v) is 2.68. The molecule has 7 heteroatoms. The first-order valence-corrected chi connectivity index (χ1v) is 8.41. The van der Waals surface area contributed by atoms with Gasteiger partial charge in [-0.25, -0.2) is 17.9 Å². The summed E-state index contributed by atoms with van der Waals surface area (Å²) in [5.41, 5.74) is 0.701. The minimum absolute atomic E-state index is 0.00321. The maximum Gasteiger partial charge on any atom is 0.257 e. The third-order valence-electron chi connectivity index (χ3n) is 3.70. The van der Waals surface area contributed by atoms with E-state index in [-0.39, 0.29) is 16.5 Å². The first kappa shape index (κ1) is 17.1. The van der Waals surface area contributed by atoms with Crippen LogP contribution in [0.5, 0.6) is 0 Å². The first-order valence-electron chi connectivity index (χ1n) is 6.86. The summed E-state index contributed by atoms with van der Waals surface area (Å²) in [6.45, 7) is 1.77. The lowest BCUT2D eigenvalue weighted by molar-refractivity contribution is 0.0738. The van der Waals surface area contributed by atoms with Crippen molar-refractivity contribution < 1.29 is 17.6 Å². The number of nitrogens with two attached hydrogens (primary N) is 1. The summed E-state index contributed by atoms with van der Waals surface area (Å²) in [4.78, 5) is 13.8. The lowest BCUT2D eigenvalue weighted by Crippen LogP contribution is -2.30. The van der Waals surface area contributed by atoms with Gasteiger partial charge in [-0.1, -0.05) is 24.3 Å². The molecule has 23 heavy (non-hydrogen) atoms. The monoisotopic (exact) mass is 336 g/mol. The van der Waals surface area contributed by atoms with Gasteiger partial charge >= 0.3 is 0 Å². The van der Waals surface area contributed by atoms with Crippen molar-refractivity contribution in [2.24, 2.45) is 5.14 Å². The first-order chi connectivity index (χ1) is 10.7. The SMILES string of the molecule is CC(c1ccc(S(N)(=O)=O)cc1)N(C)C(=O)c1ccccc1F. The highest BCUT2D eigenvalue weighted by molar-refractivity contribution is 7.89. The normalized spacial score (nSPS) is 12.7. The number of primary sulfonamides is 1. The molecule has 0 aliphatic carbocycles. The van der Waals surface area contributed by atoms with Crippen LogP contribution in [0.25, 0.3) is 0 Å². The second-order valence-electron chi connectivity index (χ2n) is 5.19. The summed E-state index contributed by atoms with van der Waals surface area (Å²) in [5, 5.41) is 5.05. The maximum atomic E-state index is 13.7. The molecule has 0 fully saturated rings. The molecule has 0 saturated carbocycles. The number of carbonyl (C=O) groups excluding carboxylic acids is 1. The zero-order valence-electron chi connectivity index (χ0n) is 12.7. The Morgan fingerprint density at radius 1 is 1.13 bits per heavy atom. The molecular weight excluding hydrogens is 319 g/mol. The van der Waals surface area contributed by atoms with Crippen LogP contribution in [0, 0.1) is 5.82 Å². The van der Waals surface area contributed by atoms with Gasteiger partial charge in [-0.05, 0) is 36.8 Å². The Hall–Kier alpha value is -2.25. The van der Waals surface area contributed by atoms with E-state index in [1.165, 1.54) is 35.2 Å². The average Bonchev–Trinajstić information content (AvgIpc) is 2.52. The Morgan fingerprint density at radius 2 is 1.70 bits per heavy atom. The van der Waals surface area contributed by atoms with E-state index in [0.717, 1.165) is 0 Å². The lowest BCUT2D eigenvalue weighted by atomic mass is 10.1. The van der Waals surface area contributed by atoms with Gasteiger partial charge in [0.05, 0.1) is 16.5 Å². The predicted octanol–water partition coefficient (Wildman–Crippen LogP) is 2.31. The Morgan fingerprint density at radius 3 is 2.22 bits per heavy atom. The summed E-state index contributed by atoms with van der Waals surface area (Å²) in [7, 11) is -2.20. The number of benzene rings is 2. The van der Waals surface area contributed by atoms with Crippen molar-refractivity contribution in [3.63, 3.8) is 0 Å². The summed E-state index contributed by atoms with van der Waals surface area (Å²) >= 11 is 0. The Kier molecular flexibility index (Phi) is 4.82. The molecule has 0 saturated heterocycles. The maximum absolute atomic E-state index is 13.7. The van der Waals surface area contributed by atoms with Gasteiger partial charge < -0.3 is 4.90 Å². The van der Waals surface area contributed by atoms with Gasteiger partial charge in [0, 0.05) is 7.05 Å². The highest BCUT2D eigenvalue weighted by Crippen LogP contribution is 2.22. The molecule has 0 aliphatic rings. The molecule has 2 rings (SSSR count). The van der Waals surface area contributed by atoms with Crippen molar-refractivity contribution in [2.45, 2.75) is 17.9 Å². The summed E-state index contributed by atoms with van der Waals surface area (Å²) in [6.07, 6.45) is 0. The number of sulfonamides is 1. The molecule has 1 amide bonds. The van der Waals surface area contributed by atoms with Crippen LogP contribution < -0.4 is 5.14 Å². The molecular formula is C16H17FN2O3S. The molecule has 2 aromatic carbocycles. The van der Waals surface area contributed by atoms with E-state index in [1.807, 2.05) is 0 Å². The molecule has 2 aromatic rings. The van der Waals surface area contributed by atoms with Crippen LogP contribution in [0.15, 0.2) is 53.4 Å². The van der Waals surface area contributed by atoms with Crippen LogP contribution in [0.4, 0.5) is 4.39 Å². The Labute approximate surface area is 134 Å². The molecule has 0 aromatic heterocycles. The fourth-order valence-electron chi connectivity index (χ4n) is 2.16. The van der Waals surface area contributed by atoms with Crippen LogP contribution in [-0.2, 0) is 10.0 Å². The van der Waals surface area contributed by atoms with Crippen molar-refractivity contribution in [3.05, 3.63) is 65.5 Å². The van der Waals surface area contributed by atoms with Gasteiger partial charge in [0.2, 0.25) is 10.0 Å². The van der Waals surface area contributed by atoms with Gasteiger partial charge in [0.1, 0.15) is 5.82 Å². The minimum atomic E-state index is -3.76. The van der Waals surface area contributed by atoms with Crippen molar-refractivity contribution in [2.75, 3.05) is 7.05 Å². The molecule has 0 aliphatic heterocycles. The van der Waals surface area contributed by atoms with Crippen molar-refractivity contribution >= 4 is 15.9 Å². The van der Waals surface area contributed by atoms with Crippen molar-refractivity contribution in [1.82, 2.24) is 4.90 Å². The standard InChI is InChI=1S/C16H17FN2O3S/c1-11(12-7-9-13(10-8-12)23(18,21)22)19(2)16(20)14-5-3-4-6-15(14)17/h3-11H,1-2H3,(H2,18,21,22). The number of rotatable bonds is 4. The number of nitrogens with zero attached hydrogens (tertiary/aromatic N) is 1. The third-order valence-corrected chi connectivity index (χ3v) is 4.63. The van der Waals surface area contributed by atoms with Gasteiger partial charge in [-0.15, -0.1) is 0 Å². The highest BCUT2D eigenvalue weighted by atomic mass is 32.2. The molecule has 1 atom stereocenters. The molecule has 122 valence electrons. The second-order valence-corrected chi connectivity index (χ2v) is 6.75. The topological polar surface area (TPSA) is 80.5 Å². The van der Waals surface area contributed by atoms with E-state index in [4.69, 9.17) is 5.14 Å². The molecule has 2 N–H and O–H groups in total. The van der Waals surface area contributed by atoms with E-state index in [9.17, 15) is 17.6 Å². The summed E-state index contributed by atoms with van der Waals surface area (Å²) in [6, 6.07) is 11.3. The highest BCUT2D eigenvalue weighted by Gasteiger charge is 2.21. The number of hydrogen-bond donors (Lipinski definition) is 1. The number of amides is 1. The van der Waals surface area contributed by atoms with Crippen LogP contribution in [0.2, 0.25) is 0 Å². The van der Waals surface area contributed by atoms with Crippen LogP contribution in [-0.4, -0.2) is 26.3 Å². The molecule has 0 heterocycles. The lowest BCUT2D eigenvalue weighted by Gasteiger charge is -2.25. The van der Waals surface area contributed by atoms with E-state index < -0.39 is 21.7 Å². The Balaban J connectivity index is 2.24. The van der Waals surface area contributed by atoms with Crippen LogP contribution in [0.3, 0.4) is 0 Å². The molecule has 0 bridgehead atoms. The quantitative estimate of drug-likeness (QED) is 0.930. The zero-order chi connectivity index (χ0) is 17.2. The number of carbonyl (C=O) groups is 1. The fraction of sp³-hybridized carbons (Fsp3) is 0.188. The van der Waals surface area contributed by atoms with E-state index in [1.54, 1.807) is 32.2 Å². The van der Waals surface area contributed by atoms with Gasteiger partial charge in [-0.3, -0.25) is 4.79 Å². The Bertz CT molecular complexity index is 819. The number of halogens is 1. The molecule has 0 spiro atoms. The van der Waals surface area contributed by atoms with E-state index in [2.05, 4.69) is 0 Å². The average molecular weight is 336 g/mol. The number of hydrogen-bond acceptors (Lipinski definition) is 3. The van der Waals surface area contributed by atoms with Gasteiger partial charge in [0.25, 0.3) is 5.91 Å². The smallest absolute Gasteiger partial charge is 0.257 e. The second kappa shape index (κ2) is 6.47. The predicted molar refractivity (Wildman–Crippen MR) is 84.7 cm³/mol. The minimum Gasteiger partial charge on any atom is -0.335 e. The zero-order valence-corrected chi connectivity index (χ0v) is 13.5. The van der Waals surface area contributed by atoms with E-state index in [0.29, 0.717) is 5.56 Å². The molecule has 1 unspecified atom stereocenters. The summed E-state index contributed by atoms with van der Waals surface area (Å²) in [5.74, 6) is -1.03. The van der Waals surface area contributed by atoms with Crippen molar-refractivity contribution in [3.8, 4) is 0 Å². The largest absolute Gasteiger partial charge is 0.335 e. The molecule has 0 radical (unpaired) electrons. The summed E-state index contributed by atoms with van der Waals surface area (Å²) < 4.78 is 36.2. The van der Waals surface area contributed by atoms with Crippen LogP contribution >= 0.6 is 0 Å². The van der Waals surface area contributed by atoms with Gasteiger partial charge in [-0.2, -0.15) is 0 Å². The molecule has 5 nitrogen and oxygen atoms in total. The van der Waals surface area contributed by atoms with Gasteiger partial charge in [0.15, 0.2) is 0 Å². The van der Waals surface area contributed by atoms with Crippen molar-refractivity contribution in [1.29, 1.82) is 0 Å².